The molecular formula is C28H39FN7O8P. The van der Waals surface area contributed by atoms with Crippen LogP contribution in [0.2, 0.25) is 0 Å². The summed E-state index contributed by atoms with van der Waals surface area (Å²) in [5, 5.41) is 19.0. The molecule has 1 amide bonds. The second kappa shape index (κ2) is 13.7. The first-order chi connectivity index (χ1) is 21.1. The number of hydrogen-bond acceptors (Lipinski definition) is 12. The average Bonchev–Trinajstić information content (AvgIpc) is 3.48. The first kappa shape index (κ1) is 34.2. The van der Waals surface area contributed by atoms with Crippen molar-refractivity contribution in [3.8, 4) is 5.75 Å². The lowest BCUT2D eigenvalue weighted by Crippen LogP contribution is -2.41. The van der Waals surface area contributed by atoms with Crippen molar-refractivity contribution in [2.75, 3.05) is 24.3 Å². The number of nitrogens with zero attached hydrogens (tertiary/aromatic N) is 4. The second-order valence-corrected chi connectivity index (χ2v) is 13.0. The minimum Gasteiger partial charge on any atom is -0.462 e. The molecule has 0 radical (unpaired) electrons. The molecular weight excluding hydrogens is 612 g/mol. The largest absolute Gasteiger partial charge is 0.462 e. The van der Waals surface area contributed by atoms with Gasteiger partial charge in [0.15, 0.2) is 28.9 Å². The number of anilines is 2. The second-order valence-electron chi connectivity index (χ2n) is 11.3. The van der Waals surface area contributed by atoms with Crippen LogP contribution in [0, 0.1) is 5.92 Å². The normalized spacial score (nSPS) is 23.6. The molecule has 0 spiro atoms. The number of alkyl halides is 1. The van der Waals surface area contributed by atoms with E-state index in [9.17, 15) is 19.3 Å². The predicted octanol–water partition coefficient (Wildman–Crippen LogP) is 3.58. The Hall–Kier alpha value is -3.69. The molecule has 0 saturated carbocycles. The number of benzene rings is 1. The molecule has 4 N–H and O–H groups in total. The van der Waals surface area contributed by atoms with Crippen LogP contribution >= 0.6 is 7.75 Å². The minimum absolute atomic E-state index is 0.0403. The van der Waals surface area contributed by atoms with Gasteiger partial charge in [-0.1, -0.05) is 32.0 Å². The fourth-order valence-electron chi connectivity index (χ4n) is 4.43. The Labute approximate surface area is 259 Å². The van der Waals surface area contributed by atoms with E-state index in [0.29, 0.717) is 0 Å². The number of carbonyl (C=O) groups is 2. The lowest BCUT2D eigenvalue weighted by molar-refractivity contribution is -0.149. The quantitative estimate of drug-likeness (QED) is 0.155. The van der Waals surface area contributed by atoms with Crippen molar-refractivity contribution in [2.24, 2.45) is 5.92 Å². The zero-order valence-corrected chi connectivity index (χ0v) is 26.9. The Kier molecular flexibility index (Phi) is 10.4. The fourth-order valence-corrected chi connectivity index (χ4v) is 5.93. The van der Waals surface area contributed by atoms with Gasteiger partial charge in [-0.2, -0.15) is 15.1 Å². The molecule has 3 aromatic rings. The lowest BCUT2D eigenvalue weighted by atomic mass is 9.98. The number of esters is 1. The van der Waals surface area contributed by atoms with Crippen LogP contribution in [0.5, 0.6) is 5.75 Å². The van der Waals surface area contributed by atoms with Gasteiger partial charge in [-0.15, -0.1) is 0 Å². The molecule has 1 unspecified atom stereocenters. The number of imidazole rings is 1. The van der Waals surface area contributed by atoms with Gasteiger partial charge in [0.05, 0.1) is 19.0 Å². The Balaban J connectivity index is 1.59. The number of rotatable bonds is 13. The molecule has 45 heavy (non-hydrogen) atoms. The molecule has 3 heterocycles. The Morgan fingerprint density at radius 2 is 1.87 bits per heavy atom. The number of carbonyl (C=O) groups excluding carboxylic acids is 2. The first-order valence-electron chi connectivity index (χ1n) is 14.4. The third-order valence-electron chi connectivity index (χ3n) is 6.82. The number of amides is 1. The van der Waals surface area contributed by atoms with Crippen LogP contribution in [0.1, 0.15) is 47.8 Å². The number of aliphatic hydroxyl groups excluding tert-OH is 1. The van der Waals surface area contributed by atoms with Crippen LogP contribution in [0.3, 0.4) is 0 Å². The number of aromatic nitrogens is 4. The van der Waals surface area contributed by atoms with Gasteiger partial charge in [0.25, 0.3) is 0 Å². The van der Waals surface area contributed by atoms with Crippen LogP contribution in [0.4, 0.5) is 16.2 Å². The van der Waals surface area contributed by atoms with E-state index in [-0.39, 0.29) is 40.5 Å². The summed E-state index contributed by atoms with van der Waals surface area (Å²) < 4.78 is 53.8. The van der Waals surface area contributed by atoms with Crippen LogP contribution in [-0.2, 0) is 28.2 Å². The third kappa shape index (κ3) is 7.76. The minimum atomic E-state index is -4.33. The highest BCUT2D eigenvalue weighted by Gasteiger charge is 2.56. The zero-order valence-electron chi connectivity index (χ0n) is 26.1. The molecule has 1 aliphatic heterocycles. The number of halogens is 1. The van der Waals surface area contributed by atoms with Crippen molar-refractivity contribution in [3.05, 3.63) is 36.7 Å². The maximum Gasteiger partial charge on any atom is 0.459 e. The van der Waals surface area contributed by atoms with Crippen molar-refractivity contribution >= 4 is 42.6 Å². The Bertz CT molecular complexity index is 1550. The van der Waals surface area contributed by atoms with Crippen LogP contribution in [0.25, 0.3) is 11.2 Å². The van der Waals surface area contributed by atoms with Gasteiger partial charge in [0, 0.05) is 13.0 Å². The molecule has 2 aromatic heterocycles. The number of para-hydroxylation sites is 1. The third-order valence-corrected chi connectivity index (χ3v) is 8.47. The molecule has 6 atom stereocenters. The molecule has 17 heteroatoms. The Morgan fingerprint density at radius 1 is 1.18 bits per heavy atom. The monoisotopic (exact) mass is 651 g/mol. The number of aliphatic hydroxyl groups is 1. The highest BCUT2D eigenvalue weighted by molar-refractivity contribution is 7.52. The van der Waals surface area contributed by atoms with Gasteiger partial charge < -0.3 is 24.4 Å². The van der Waals surface area contributed by atoms with Crippen LogP contribution in [0.15, 0.2) is 36.7 Å². The average molecular weight is 652 g/mol. The smallest absolute Gasteiger partial charge is 0.459 e. The topological polar surface area (TPSA) is 188 Å². The molecule has 1 aromatic carbocycles. The van der Waals surface area contributed by atoms with E-state index in [1.165, 1.54) is 30.0 Å². The van der Waals surface area contributed by atoms with E-state index in [1.54, 1.807) is 52.9 Å². The summed E-state index contributed by atoms with van der Waals surface area (Å²) in [7, 11) is -2.72. The summed E-state index contributed by atoms with van der Waals surface area (Å²) in [6.07, 6.45) is -3.73. The van der Waals surface area contributed by atoms with Gasteiger partial charge in [-0.25, -0.2) is 13.9 Å². The van der Waals surface area contributed by atoms with E-state index < -0.39 is 56.6 Å². The SMILES string of the molecule is CNc1nc(NC(=O)C(C)C)nc2c1ncn2[C@@H]1O[C@H](COP(=O)(N[C@@H](C)C(=O)OC(C)C)Oc2ccccc2)[C@@H](O)[C@@]1(C)F. The van der Waals surface area contributed by atoms with Crippen LogP contribution < -0.4 is 20.2 Å². The molecule has 1 fully saturated rings. The standard InChI is InChI=1S/C28H39FN7O8P/c1-15(2)24(38)34-27-32-22(30-7)20-23(33-27)36(14-31-20)26-28(6,29)21(37)19(43-26)13-41-45(40,44-18-11-9-8-10-12-18)35-17(5)25(39)42-16(3)4/h8-12,14-17,19,21,26,37H,13H2,1-7H3,(H,35,40)(H2,30,32,33,34,38)/t17-,19+,21+,26+,28+,45?/m0/s1. The van der Waals surface area contributed by atoms with E-state index in [0.717, 1.165) is 6.92 Å². The van der Waals surface area contributed by atoms with Crippen LogP contribution in [-0.4, -0.2) is 80.2 Å². The number of ether oxygens (including phenoxy) is 2. The Morgan fingerprint density at radius 3 is 2.49 bits per heavy atom. The van der Waals surface area contributed by atoms with Gasteiger partial charge >= 0.3 is 13.7 Å². The van der Waals surface area contributed by atoms with Gasteiger partial charge in [0.2, 0.25) is 11.9 Å². The highest BCUT2D eigenvalue weighted by Crippen LogP contribution is 2.48. The molecule has 0 aliphatic carbocycles. The molecule has 0 bridgehead atoms. The lowest BCUT2D eigenvalue weighted by Gasteiger charge is -2.25. The van der Waals surface area contributed by atoms with Gasteiger partial charge in [-0.3, -0.25) is 24.0 Å². The van der Waals surface area contributed by atoms with Crippen molar-refractivity contribution in [2.45, 2.75) is 77.8 Å². The van der Waals surface area contributed by atoms with Gasteiger partial charge in [-0.05, 0) is 39.8 Å². The zero-order chi connectivity index (χ0) is 33.1. The first-order valence-corrected chi connectivity index (χ1v) is 15.9. The maximum absolute atomic E-state index is 16.2. The summed E-state index contributed by atoms with van der Waals surface area (Å²) in [5.74, 6) is -0.976. The maximum atomic E-state index is 16.2. The number of fused-ring (bicyclic) bond motifs is 1. The van der Waals surface area contributed by atoms with Crippen molar-refractivity contribution in [3.63, 3.8) is 0 Å². The van der Waals surface area contributed by atoms with E-state index in [1.807, 2.05) is 0 Å². The highest BCUT2D eigenvalue weighted by atomic mass is 31.2. The molecule has 1 saturated heterocycles. The summed E-state index contributed by atoms with van der Waals surface area (Å²) in [6.45, 7) is 8.72. The molecule has 1 aliphatic rings. The summed E-state index contributed by atoms with van der Waals surface area (Å²) in [4.78, 5) is 37.7. The van der Waals surface area contributed by atoms with Crippen molar-refractivity contribution in [1.29, 1.82) is 0 Å². The summed E-state index contributed by atoms with van der Waals surface area (Å²) in [5.41, 5.74) is -2.03. The number of nitrogens with one attached hydrogen (secondary N) is 3. The number of hydrogen-bond donors (Lipinski definition) is 4. The van der Waals surface area contributed by atoms with Crippen molar-refractivity contribution in [1.82, 2.24) is 24.6 Å². The van der Waals surface area contributed by atoms with Gasteiger partial charge in [0.1, 0.15) is 24.0 Å². The molecule has 4 rings (SSSR count). The molecule has 15 nitrogen and oxygen atoms in total. The fraction of sp³-hybridized carbons (Fsp3) is 0.536. The summed E-state index contributed by atoms with van der Waals surface area (Å²) in [6, 6.07) is 6.99. The molecule has 246 valence electrons. The van der Waals surface area contributed by atoms with E-state index in [4.69, 9.17) is 18.5 Å². The van der Waals surface area contributed by atoms with E-state index in [2.05, 4.69) is 30.7 Å². The van der Waals surface area contributed by atoms with Crippen molar-refractivity contribution < 1.29 is 42.2 Å². The predicted molar refractivity (Wildman–Crippen MR) is 162 cm³/mol. The van der Waals surface area contributed by atoms with E-state index >= 15 is 4.39 Å². The summed E-state index contributed by atoms with van der Waals surface area (Å²) >= 11 is 0.